The fraction of sp³-hybridized carbons (Fsp3) is 0.741. The molecule has 0 bridgehead atoms. The van der Waals surface area contributed by atoms with E-state index in [9.17, 15) is 15.0 Å². The summed E-state index contributed by atoms with van der Waals surface area (Å²) in [6, 6.07) is 7.40. The van der Waals surface area contributed by atoms with Crippen molar-refractivity contribution in [1.82, 2.24) is 4.90 Å². The Labute approximate surface area is 191 Å². The highest BCUT2D eigenvalue weighted by atomic mass is 16.4. The van der Waals surface area contributed by atoms with Crippen LogP contribution in [0.5, 0.6) is 5.75 Å². The van der Waals surface area contributed by atoms with Gasteiger partial charge in [-0.2, -0.15) is 0 Å². The van der Waals surface area contributed by atoms with Crippen LogP contribution in [0.1, 0.15) is 115 Å². The molecule has 1 aromatic rings. The van der Waals surface area contributed by atoms with Crippen LogP contribution in [-0.4, -0.2) is 34.3 Å². The molecule has 1 aromatic carbocycles. The monoisotopic (exact) mass is 433 g/mol. The fourth-order valence-electron chi connectivity index (χ4n) is 4.09. The van der Waals surface area contributed by atoms with Gasteiger partial charge in [0.2, 0.25) is 0 Å². The van der Waals surface area contributed by atoms with Crippen molar-refractivity contribution in [3.05, 3.63) is 29.8 Å². The van der Waals surface area contributed by atoms with E-state index < -0.39 is 6.09 Å². The van der Waals surface area contributed by atoms with E-state index >= 15 is 0 Å². The standard InChI is InChI=1S/C27H47NO3/c1-2-3-4-5-6-7-8-9-10-11-13-16-23-28(27(30)31)24-17-14-12-15-18-25-19-21-26(29)22-20-25/h19-22,29H,2-18,23-24H2,1H3,(H,30,31). The molecule has 0 fully saturated rings. The zero-order valence-electron chi connectivity index (χ0n) is 20.0. The third-order valence-electron chi connectivity index (χ3n) is 6.13. The van der Waals surface area contributed by atoms with E-state index in [1.54, 1.807) is 17.0 Å². The molecule has 1 rings (SSSR count). The smallest absolute Gasteiger partial charge is 0.407 e. The third-order valence-corrected chi connectivity index (χ3v) is 6.13. The normalized spacial score (nSPS) is 11.0. The maximum absolute atomic E-state index is 11.5. The predicted molar refractivity (Wildman–Crippen MR) is 131 cm³/mol. The number of nitrogens with zero attached hydrogens (tertiary/aromatic N) is 1. The fourth-order valence-corrected chi connectivity index (χ4v) is 4.09. The van der Waals surface area contributed by atoms with Gasteiger partial charge >= 0.3 is 6.09 Å². The number of carboxylic acid groups (broad SMARTS) is 1. The van der Waals surface area contributed by atoms with Gasteiger partial charge in [-0.15, -0.1) is 0 Å². The Morgan fingerprint density at radius 1 is 0.677 bits per heavy atom. The predicted octanol–water partition coefficient (Wildman–Crippen LogP) is 8.18. The van der Waals surface area contributed by atoms with Crippen LogP contribution in [0.2, 0.25) is 0 Å². The quantitative estimate of drug-likeness (QED) is 0.204. The van der Waals surface area contributed by atoms with E-state index in [1.807, 2.05) is 12.1 Å². The molecular formula is C27H47NO3. The van der Waals surface area contributed by atoms with Crippen molar-refractivity contribution in [2.75, 3.05) is 13.1 Å². The summed E-state index contributed by atoms with van der Waals surface area (Å²) in [6.07, 6.45) is 20.1. The summed E-state index contributed by atoms with van der Waals surface area (Å²) in [5, 5.41) is 18.7. The second-order valence-corrected chi connectivity index (χ2v) is 8.99. The average molecular weight is 434 g/mol. The van der Waals surface area contributed by atoms with Crippen molar-refractivity contribution < 1.29 is 15.0 Å². The van der Waals surface area contributed by atoms with E-state index in [0.717, 1.165) is 44.9 Å². The largest absolute Gasteiger partial charge is 0.508 e. The number of unbranched alkanes of at least 4 members (excludes halogenated alkanes) is 14. The first-order valence-electron chi connectivity index (χ1n) is 12.9. The number of phenols is 1. The van der Waals surface area contributed by atoms with E-state index in [-0.39, 0.29) is 0 Å². The van der Waals surface area contributed by atoms with Crippen LogP contribution in [-0.2, 0) is 6.42 Å². The maximum Gasteiger partial charge on any atom is 0.407 e. The Kier molecular flexibility index (Phi) is 16.8. The molecule has 0 aromatic heterocycles. The number of phenolic OH excluding ortho intramolecular Hbond substituents is 1. The van der Waals surface area contributed by atoms with Crippen molar-refractivity contribution in [3.8, 4) is 5.75 Å². The molecule has 178 valence electrons. The molecule has 0 saturated carbocycles. The lowest BCUT2D eigenvalue weighted by molar-refractivity contribution is 0.143. The molecule has 0 heterocycles. The average Bonchev–Trinajstić information content (AvgIpc) is 2.76. The molecule has 0 unspecified atom stereocenters. The van der Waals surface area contributed by atoms with Crippen LogP contribution < -0.4 is 0 Å². The lowest BCUT2D eigenvalue weighted by Crippen LogP contribution is -2.31. The number of benzene rings is 1. The van der Waals surface area contributed by atoms with Crippen LogP contribution in [0, 0.1) is 0 Å². The van der Waals surface area contributed by atoms with Crippen LogP contribution >= 0.6 is 0 Å². The molecule has 4 heteroatoms. The zero-order chi connectivity index (χ0) is 22.6. The molecule has 0 atom stereocenters. The first-order chi connectivity index (χ1) is 15.1. The van der Waals surface area contributed by atoms with Gasteiger partial charge in [-0.3, -0.25) is 0 Å². The van der Waals surface area contributed by atoms with Crippen LogP contribution in [0.25, 0.3) is 0 Å². The summed E-state index contributed by atoms with van der Waals surface area (Å²) in [5.41, 5.74) is 1.25. The van der Waals surface area contributed by atoms with Gasteiger partial charge in [0, 0.05) is 13.1 Å². The van der Waals surface area contributed by atoms with Crippen molar-refractivity contribution in [3.63, 3.8) is 0 Å². The van der Waals surface area contributed by atoms with Gasteiger partial charge in [-0.1, -0.05) is 103 Å². The van der Waals surface area contributed by atoms with Gasteiger partial charge in [0.1, 0.15) is 5.75 Å². The van der Waals surface area contributed by atoms with Crippen LogP contribution in [0.3, 0.4) is 0 Å². The van der Waals surface area contributed by atoms with Gasteiger partial charge in [0.25, 0.3) is 0 Å². The molecule has 0 saturated heterocycles. The van der Waals surface area contributed by atoms with Gasteiger partial charge in [0.05, 0.1) is 0 Å². The Hall–Kier alpha value is -1.71. The second kappa shape index (κ2) is 19.0. The molecule has 0 aliphatic heterocycles. The Bertz CT molecular complexity index is 544. The summed E-state index contributed by atoms with van der Waals surface area (Å²) in [4.78, 5) is 13.1. The van der Waals surface area contributed by atoms with E-state index in [2.05, 4.69) is 6.92 Å². The minimum absolute atomic E-state index is 0.311. The topological polar surface area (TPSA) is 60.8 Å². The number of aryl methyl sites for hydroxylation is 1. The number of hydrogen-bond acceptors (Lipinski definition) is 2. The second-order valence-electron chi connectivity index (χ2n) is 8.99. The molecule has 31 heavy (non-hydrogen) atoms. The van der Waals surface area contributed by atoms with E-state index in [0.29, 0.717) is 18.8 Å². The van der Waals surface area contributed by atoms with Crippen molar-refractivity contribution >= 4 is 6.09 Å². The molecule has 0 radical (unpaired) electrons. The molecule has 4 nitrogen and oxygen atoms in total. The highest BCUT2D eigenvalue weighted by Gasteiger charge is 2.10. The van der Waals surface area contributed by atoms with Gasteiger partial charge in [-0.05, 0) is 43.4 Å². The lowest BCUT2D eigenvalue weighted by Gasteiger charge is -2.19. The van der Waals surface area contributed by atoms with Gasteiger partial charge in [0.15, 0.2) is 0 Å². The number of aromatic hydroxyl groups is 1. The van der Waals surface area contributed by atoms with Crippen molar-refractivity contribution in [2.45, 2.75) is 116 Å². The highest BCUT2D eigenvalue weighted by molar-refractivity contribution is 5.64. The van der Waals surface area contributed by atoms with Gasteiger partial charge < -0.3 is 15.1 Å². The van der Waals surface area contributed by atoms with Gasteiger partial charge in [-0.25, -0.2) is 4.79 Å². The molecule has 2 N–H and O–H groups in total. The summed E-state index contributed by atoms with van der Waals surface area (Å²) >= 11 is 0. The first-order valence-corrected chi connectivity index (χ1v) is 12.9. The lowest BCUT2D eigenvalue weighted by atomic mass is 10.1. The minimum Gasteiger partial charge on any atom is -0.508 e. The Morgan fingerprint density at radius 2 is 1.10 bits per heavy atom. The zero-order valence-corrected chi connectivity index (χ0v) is 20.0. The molecule has 1 amide bonds. The summed E-state index contributed by atoms with van der Waals surface area (Å²) in [7, 11) is 0. The number of hydrogen-bond donors (Lipinski definition) is 2. The van der Waals surface area contributed by atoms with E-state index in [4.69, 9.17) is 0 Å². The number of rotatable bonds is 20. The summed E-state index contributed by atoms with van der Waals surface area (Å²) < 4.78 is 0. The first kappa shape index (κ1) is 27.3. The van der Waals surface area contributed by atoms with Crippen molar-refractivity contribution in [2.24, 2.45) is 0 Å². The third kappa shape index (κ3) is 15.7. The summed E-state index contributed by atoms with van der Waals surface area (Å²) in [6.45, 7) is 3.60. The van der Waals surface area contributed by atoms with Crippen LogP contribution in [0.4, 0.5) is 4.79 Å². The molecule has 0 aliphatic carbocycles. The minimum atomic E-state index is -0.771. The number of carbonyl (C=O) groups is 1. The maximum atomic E-state index is 11.5. The van der Waals surface area contributed by atoms with E-state index in [1.165, 1.54) is 69.8 Å². The van der Waals surface area contributed by atoms with Crippen LogP contribution in [0.15, 0.2) is 24.3 Å². The van der Waals surface area contributed by atoms with Crippen molar-refractivity contribution in [1.29, 1.82) is 0 Å². The Balaban J connectivity index is 1.94. The molecule has 0 spiro atoms. The molecular weight excluding hydrogens is 386 g/mol. The number of amides is 1. The highest BCUT2D eigenvalue weighted by Crippen LogP contribution is 2.14. The SMILES string of the molecule is CCCCCCCCCCCCCCN(CCCCCCc1ccc(O)cc1)C(=O)O. The molecule has 0 aliphatic rings. The summed E-state index contributed by atoms with van der Waals surface area (Å²) in [5.74, 6) is 0.311. The Morgan fingerprint density at radius 3 is 1.55 bits per heavy atom.